The number of carbonyl (C=O) groups excluding carboxylic acids is 1. The smallest absolute Gasteiger partial charge is 0.421 e. The second-order valence-corrected chi connectivity index (χ2v) is 5.24. The van der Waals surface area contributed by atoms with Crippen LogP contribution in [0.25, 0.3) is 0 Å². The first-order valence-electron chi connectivity index (χ1n) is 4.08. The van der Waals surface area contributed by atoms with Gasteiger partial charge in [0, 0.05) is 0 Å². The average Bonchev–Trinajstić information content (AvgIpc) is 2.15. The molecular weight excluding hydrogens is 227 g/mol. The molecule has 6 nitrogen and oxygen atoms in total. The van der Waals surface area contributed by atoms with E-state index in [1.165, 1.54) is 7.11 Å². The van der Waals surface area contributed by atoms with E-state index in [0.717, 1.165) is 0 Å². The highest BCUT2D eigenvalue weighted by atomic mass is 32.5. The van der Waals surface area contributed by atoms with Gasteiger partial charge in [0.15, 0.2) is 0 Å². The van der Waals surface area contributed by atoms with Crippen LogP contribution in [0, 0.1) is 0 Å². The third-order valence-electron chi connectivity index (χ3n) is 1.08. The molecule has 0 spiro atoms. The Morgan fingerprint density at radius 2 is 1.86 bits per heavy atom. The fraction of sp³-hybridized carbons (Fsp3) is 0.833. The van der Waals surface area contributed by atoms with Crippen LogP contribution in [-0.2, 0) is 25.6 Å². The minimum Gasteiger partial charge on any atom is -0.452 e. The Labute approximate surface area is 88.5 Å². The second-order valence-electron chi connectivity index (χ2n) is 2.06. The molecule has 0 aromatic carbocycles. The summed E-state index contributed by atoms with van der Waals surface area (Å²) in [5.41, 5.74) is 2.23. The Morgan fingerprint density at radius 3 is 2.21 bits per heavy atom. The van der Waals surface area contributed by atoms with E-state index >= 15 is 0 Å². The lowest BCUT2D eigenvalue weighted by molar-refractivity contribution is 0.166. The summed E-state index contributed by atoms with van der Waals surface area (Å²) in [5.74, 6) is 0. The van der Waals surface area contributed by atoms with Crippen molar-refractivity contribution in [2.45, 2.75) is 13.8 Å². The van der Waals surface area contributed by atoms with Gasteiger partial charge in [0.1, 0.15) is 0 Å². The molecule has 0 aliphatic heterocycles. The Balaban J connectivity index is 4.08. The van der Waals surface area contributed by atoms with E-state index in [-0.39, 0.29) is 0 Å². The maximum atomic E-state index is 10.7. The number of nitrogens with one attached hydrogen (secondary N) is 2. The quantitative estimate of drug-likeness (QED) is 0.538. The molecule has 0 rings (SSSR count). The van der Waals surface area contributed by atoms with Gasteiger partial charge in [0.25, 0.3) is 6.64 Å². The maximum Gasteiger partial charge on any atom is 0.421 e. The zero-order valence-corrected chi connectivity index (χ0v) is 10.1. The lowest BCUT2D eigenvalue weighted by Gasteiger charge is -2.21. The summed E-state index contributed by atoms with van der Waals surface area (Å²) in [4.78, 5) is 10.7. The van der Waals surface area contributed by atoms with E-state index in [2.05, 4.69) is 15.4 Å². The summed E-state index contributed by atoms with van der Waals surface area (Å²) in [6.45, 7) is 1.79. The lowest BCUT2D eigenvalue weighted by Crippen LogP contribution is -2.35. The van der Waals surface area contributed by atoms with E-state index in [9.17, 15) is 4.79 Å². The summed E-state index contributed by atoms with van der Waals surface area (Å²) >= 11 is 5.05. The molecule has 0 saturated heterocycles. The molecule has 0 aliphatic carbocycles. The van der Waals surface area contributed by atoms with Gasteiger partial charge in [-0.2, -0.15) is 5.20 Å². The summed E-state index contributed by atoms with van der Waals surface area (Å²) in [5, 5.41) is 2.51. The van der Waals surface area contributed by atoms with Crippen molar-refractivity contribution < 1.29 is 18.6 Å². The highest BCUT2D eigenvalue weighted by Gasteiger charge is 2.18. The van der Waals surface area contributed by atoms with Gasteiger partial charge < -0.3 is 13.8 Å². The molecule has 2 N–H and O–H groups in total. The minimum absolute atomic E-state index is 0.410. The third kappa shape index (κ3) is 5.51. The molecule has 0 atom stereocenters. The van der Waals surface area contributed by atoms with Crippen LogP contribution in [0.2, 0.25) is 0 Å². The van der Waals surface area contributed by atoms with E-state index in [1.807, 2.05) is 0 Å². The van der Waals surface area contributed by atoms with Gasteiger partial charge in [-0.3, -0.25) is 0 Å². The van der Waals surface area contributed by atoms with Crippen LogP contribution in [0.1, 0.15) is 13.8 Å². The van der Waals surface area contributed by atoms with E-state index < -0.39 is 12.7 Å². The van der Waals surface area contributed by atoms with Crippen molar-refractivity contribution in [3.63, 3.8) is 0 Å². The molecule has 84 valence electrons. The highest BCUT2D eigenvalue weighted by molar-refractivity contribution is 8.08. The van der Waals surface area contributed by atoms with Gasteiger partial charge in [-0.1, -0.05) is 0 Å². The predicted molar refractivity (Wildman–Crippen MR) is 56.2 cm³/mol. The zero-order valence-electron chi connectivity index (χ0n) is 8.40. The van der Waals surface area contributed by atoms with Crippen molar-refractivity contribution in [3.8, 4) is 0 Å². The Hall–Kier alpha value is -0.200. The van der Waals surface area contributed by atoms with Crippen molar-refractivity contribution in [1.29, 1.82) is 0 Å². The molecule has 0 aromatic heterocycles. The zero-order chi connectivity index (χ0) is 11.0. The Kier molecular flexibility index (Phi) is 7.04. The number of rotatable bonds is 6. The van der Waals surface area contributed by atoms with Crippen LogP contribution in [0.5, 0.6) is 0 Å². The number of amides is 1. The van der Waals surface area contributed by atoms with Crippen LogP contribution in [0.3, 0.4) is 0 Å². The van der Waals surface area contributed by atoms with Crippen molar-refractivity contribution in [2.24, 2.45) is 0 Å². The molecule has 0 aliphatic rings. The number of carbonyl (C=O) groups is 1. The fourth-order valence-corrected chi connectivity index (χ4v) is 2.49. The van der Waals surface area contributed by atoms with Crippen LogP contribution in [-0.4, -0.2) is 26.4 Å². The summed E-state index contributed by atoms with van der Waals surface area (Å²) in [6.07, 6.45) is -0.640. The maximum absolute atomic E-state index is 10.7. The number of hydrogen-bond acceptors (Lipinski definition) is 5. The topological polar surface area (TPSA) is 68.8 Å². The number of methoxy groups -OCH3 is 1. The first-order chi connectivity index (χ1) is 6.58. The van der Waals surface area contributed by atoms with Crippen molar-refractivity contribution in [2.75, 3.05) is 20.3 Å². The average molecular weight is 242 g/mol. The third-order valence-corrected chi connectivity index (χ3v) is 3.57. The standard InChI is InChI=1S/C6H15N2O4PS/c1-4-11-13(14,12-5-2)8-7-6(9)10-3/h4-5H2,1-3H3,(H,7,9)(H,8,14). The first kappa shape index (κ1) is 13.8. The van der Waals surface area contributed by atoms with E-state index in [4.69, 9.17) is 20.9 Å². The van der Waals surface area contributed by atoms with Gasteiger partial charge in [-0.05, 0) is 25.7 Å². The molecule has 0 fully saturated rings. The Morgan fingerprint density at radius 1 is 1.36 bits per heavy atom. The molecule has 0 bridgehead atoms. The van der Waals surface area contributed by atoms with Crippen LogP contribution in [0.4, 0.5) is 4.79 Å². The summed E-state index contributed by atoms with van der Waals surface area (Å²) in [6, 6.07) is 0. The molecule has 0 heterocycles. The first-order valence-corrected chi connectivity index (χ1v) is 6.72. The lowest BCUT2D eigenvalue weighted by atomic mass is 10.9. The monoisotopic (exact) mass is 242 g/mol. The second kappa shape index (κ2) is 7.14. The Bertz CT molecular complexity index is 216. The normalized spacial score (nSPS) is 11.1. The van der Waals surface area contributed by atoms with Crippen molar-refractivity contribution >= 4 is 24.5 Å². The van der Waals surface area contributed by atoms with E-state index in [1.54, 1.807) is 13.8 Å². The fourth-order valence-electron chi connectivity index (χ4n) is 0.607. The van der Waals surface area contributed by atoms with Gasteiger partial charge in [0.05, 0.1) is 20.3 Å². The largest absolute Gasteiger partial charge is 0.452 e. The predicted octanol–water partition coefficient (Wildman–Crippen LogP) is 1.14. The summed E-state index contributed by atoms with van der Waals surface area (Å²) in [7, 11) is 1.25. The molecule has 14 heavy (non-hydrogen) atoms. The molecular formula is C6H15N2O4PS. The molecule has 1 amide bonds. The van der Waals surface area contributed by atoms with Gasteiger partial charge >= 0.3 is 6.09 Å². The van der Waals surface area contributed by atoms with Gasteiger partial charge in [-0.15, -0.1) is 0 Å². The van der Waals surface area contributed by atoms with Crippen molar-refractivity contribution in [1.82, 2.24) is 10.6 Å². The SMILES string of the molecule is CCOP(=S)(NNC(=O)OC)OCC. The van der Waals surface area contributed by atoms with E-state index in [0.29, 0.717) is 13.2 Å². The highest BCUT2D eigenvalue weighted by Crippen LogP contribution is 2.42. The molecule has 0 radical (unpaired) electrons. The van der Waals surface area contributed by atoms with Gasteiger partial charge in [0.2, 0.25) is 0 Å². The minimum atomic E-state index is -2.62. The summed E-state index contributed by atoms with van der Waals surface area (Å²) < 4.78 is 14.7. The molecule has 0 aromatic rings. The number of hydrazine groups is 1. The van der Waals surface area contributed by atoms with Gasteiger partial charge in [-0.25, -0.2) is 10.2 Å². The number of hydrogen-bond donors (Lipinski definition) is 2. The molecule has 0 unspecified atom stereocenters. The van der Waals surface area contributed by atoms with Crippen LogP contribution in [0.15, 0.2) is 0 Å². The van der Waals surface area contributed by atoms with Crippen LogP contribution >= 0.6 is 6.64 Å². The van der Waals surface area contributed by atoms with Crippen molar-refractivity contribution in [3.05, 3.63) is 0 Å². The molecule has 0 saturated carbocycles. The molecule has 8 heteroatoms. The van der Waals surface area contributed by atoms with Crippen LogP contribution < -0.4 is 10.6 Å². The number of ether oxygens (including phenoxy) is 1.